The van der Waals surface area contributed by atoms with Gasteiger partial charge in [-0.3, -0.25) is 4.79 Å². The molecule has 170 valence electrons. The summed E-state index contributed by atoms with van der Waals surface area (Å²) in [6.45, 7) is 1.75. The summed E-state index contributed by atoms with van der Waals surface area (Å²) in [7, 11) is 0. The number of nitrogens with zero attached hydrogens (tertiary/aromatic N) is 1. The number of rotatable bonds is 2. The maximum absolute atomic E-state index is 13.3. The van der Waals surface area contributed by atoms with Crippen LogP contribution in [0.25, 0.3) is 0 Å². The third-order valence-electron chi connectivity index (χ3n) is 5.63. The number of amides is 1. The van der Waals surface area contributed by atoms with Crippen LogP contribution in [0.3, 0.4) is 0 Å². The van der Waals surface area contributed by atoms with E-state index in [0.29, 0.717) is 25.0 Å². The second kappa shape index (κ2) is 8.58. The average molecular weight is 465 g/mol. The number of carbonyl (C=O) groups is 1. The molecule has 1 N–H and O–H groups in total. The summed E-state index contributed by atoms with van der Waals surface area (Å²) in [5.74, 6) is 5.10. The molecule has 1 heterocycles. The fourth-order valence-electron chi connectivity index (χ4n) is 4.01. The number of alkyl halides is 6. The summed E-state index contributed by atoms with van der Waals surface area (Å²) in [5.41, 5.74) is -6.11. The van der Waals surface area contributed by atoms with Crippen LogP contribution in [0.4, 0.5) is 32.0 Å². The van der Waals surface area contributed by atoms with Gasteiger partial charge in [0.1, 0.15) is 0 Å². The Hall–Kier alpha value is -1.86. The van der Waals surface area contributed by atoms with E-state index in [9.17, 15) is 36.2 Å². The second-order valence-corrected chi connectivity index (χ2v) is 8.92. The summed E-state index contributed by atoms with van der Waals surface area (Å²) in [5, 5.41) is 9.23. The number of carbonyl (C=O) groups excluding carboxylic acids is 1. The van der Waals surface area contributed by atoms with Crippen LogP contribution in [-0.2, 0) is 10.4 Å². The lowest BCUT2D eigenvalue weighted by Gasteiger charge is -2.37. The molecule has 1 aliphatic carbocycles. The first-order chi connectivity index (χ1) is 14.4. The van der Waals surface area contributed by atoms with Gasteiger partial charge in [-0.15, -0.1) is 17.7 Å². The van der Waals surface area contributed by atoms with Crippen LogP contribution in [-0.4, -0.2) is 35.2 Å². The lowest BCUT2D eigenvalue weighted by atomic mass is 9.88. The van der Waals surface area contributed by atoms with Gasteiger partial charge < -0.3 is 10.0 Å². The molecule has 0 spiro atoms. The van der Waals surface area contributed by atoms with E-state index in [1.54, 1.807) is 6.92 Å². The smallest absolute Gasteiger partial charge is 0.369 e. The second-order valence-electron chi connectivity index (χ2n) is 7.67. The van der Waals surface area contributed by atoms with Crippen LogP contribution in [0, 0.1) is 17.8 Å². The van der Waals surface area contributed by atoms with Crippen molar-refractivity contribution in [1.82, 2.24) is 0 Å². The molecule has 31 heavy (non-hydrogen) atoms. The standard InChI is InChI=1S/C21H21F6NO2S/c1-2-6-15-12-28(18(29)13-7-4-3-5-8-13)16-10-9-14(11-17(16)31-15)19(30,20(22,23)24)21(25,26)27/h9-11,13,15,30H,3-5,7-8,12H2,1H3. The minimum Gasteiger partial charge on any atom is -0.369 e. The minimum atomic E-state index is -5.97. The van der Waals surface area contributed by atoms with E-state index in [-0.39, 0.29) is 29.0 Å². The Labute approximate surface area is 180 Å². The van der Waals surface area contributed by atoms with Crippen LogP contribution in [0.5, 0.6) is 0 Å². The highest BCUT2D eigenvalue weighted by Crippen LogP contribution is 2.52. The van der Waals surface area contributed by atoms with E-state index in [4.69, 9.17) is 0 Å². The zero-order chi connectivity index (χ0) is 23.0. The van der Waals surface area contributed by atoms with Crippen molar-refractivity contribution in [2.75, 3.05) is 11.4 Å². The summed E-state index contributed by atoms with van der Waals surface area (Å²) in [6, 6.07) is 2.31. The van der Waals surface area contributed by atoms with E-state index in [2.05, 4.69) is 11.8 Å². The number of benzene rings is 1. The molecule has 1 saturated carbocycles. The van der Waals surface area contributed by atoms with Crippen LogP contribution >= 0.6 is 11.8 Å². The summed E-state index contributed by atoms with van der Waals surface area (Å²) in [6.07, 6.45) is -7.74. The van der Waals surface area contributed by atoms with Crippen molar-refractivity contribution < 1.29 is 36.2 Å². The van der Waals surface area contributed by atoms with Crippen molar-refractivity contribution >= 4 is 23.4 Å². The van der Waals surface area contributed by atoms with Crippen molar-refractivity contribution in [3.8, 4) is 11.8 Å². The molecule has 0 aromatic heterocycles. The Balaban J connectivity index is 2.07. The molecule has 0 saturated heterocycles. The van der Waals surface area contributed by atoms with E-state index in [0.717, 1.165) is 37.1 Å². The van der Waals surface area contributed by atoms with Gasteiger partial charge in [0.05, 0.1) is 10.9 Å². The van der Waals surface area contributed by atoms with Crippen LogP contribution < -0.4 is 4.90 Å². The van der Waals surface area contributed by atoms with Gasteiger partial charge in [0.15, 0.2) is 0 Å². The number of halogens is 6. The summed E-state index contributed by atoms with van der Waals surface area (Å²) < 4.78 is 79.8. The Morgan fingerprint density at radius 2 is 1.71 bits per heavy atom. The molecule has 1 aliphatic heterocycles. The van der Waals surface area contributed by atoms with Gasteiger partial charge >= 0.3 is 12.4 Å². The van der Waals surface area contributed by atoms with Crippen molar-refractivity contribution in [1.29, 1.82) is 0 Å². The highest BCUT2D eigenvalue weighted by atomic mass is 32.2. The zero-order valence-electron chi connectivity index (χ0n) is 16.6. The number of anilines is 1. The number of aliphatic hydroxyl groups is 1. The Kier molecular flexibility index (Phi) is 6.59. The van der Waals surface area contributed by atoms with E-state index < -0.39 is 28.8 Å². The van der Waals surface area contributed by atoms with Crippen molar-refractivity contribution in [2.45, 2.75) is 67.1 Å². The zero-order valence-corrected chi connectivity index (χ0v) is 17.4. The molecule has 1 aromatic carbocycles. The predicted octanol–water partition coefficient (Wildman–Crippen LogP) is 5.41. The Morgan fingerprint density at radius 1 is 1.10 bits per heavy atom. The van der Waals surface area contributed by atoms with Crippen LogP contribution in [0.2, 0.25) is 0 Å². The molecule has 3 nitrogen and oxygen atoms in total. The molecule has 2 aliphatic rings. The lowest BCUT2D eigenvalue weighted by Crippen LogP contribution is -2.54. The van der Waals surface area contributed by atoms with E-state index in [1.807, 2.05) is 0 Å². The summed E-state index contributed by atoms with van der Waals surface area (Å²) >= 11 is 0.988. The highest BCUT2D eigenvalue weighted by Gasteiger charge is 2.71. The highest BCUT2D eigenvalue weighted by molar-refractivity contribution is 8.00. The van der Waals surface area contributed by atoms with E-state index >= 15 is 0 Å². The lowest BCUT2D eigenvalue weighted by molar-refractivity contribution is -0.376. The maximum atomic E-state index is 13.3. The monoisotopic (exact) mass is 465 g/mol. The van der Waals surface area contributed by atoms with E-state index in [1.165, 1.54) is 4.90 Å². The largest absolute Gasteiger partial charge is 0.430 e. The molecule has 1 atom stereocenters. The Bertz CT molecular complexity index is 882. The van der Waals surface area contributed by atoms with Gasteiger partial charge in [0, 0.05) is 22.9 Å². The quantitative estimate of drug-likeness (QED) is 0.469. The molecular formula is C21H21F6NO2S. The molecule has 10 heteroatoms. The van der Waals surface area contributed by atoms with Gasteiger partial charge in [0.2, 0.25) is 5.91 Å². The fourth-order valence-corrected chi connectivity index (χ4v) is 5.21. The van der Waals surface area contributed by atoms with Gasteiger partial charge in [-0.1, -0.05) is 31.2 Å². The molecule has 3 rings (SSSR count). The average Bonchev–Trinajstić information content (AvgIpc) is 2.70. The number of thioether (sulfide) groups is 1. The molecule has 1 fully saturated rings. The molecule has 1 aromatic rings. The van der Waals surface area contributed by atoms with Gasteiger partial charge in [0.25, 0.3) is 5.60 Å². The topological polar surface area (TPSA) is 40.5 Å². The Morgan fingerprint density at radius 3 is 2.26 bits per heavy atom. The van der Waals surface area contributed by atoms with Gasteiger partial charge in [-0.05, 0) is 31.9 Å². The van der Waals surface area contributed by atoms with Crippen LogP contribution in [0.1, 0.15) is 44.6 Å². The van der Waals surface area contributed by atoms with Gasteiger partial charge in [-0.25, -0.2) is 0 Å². The number of fused-ring (bicyclic) bond motifs is 1. The fraction of sp³-hybridized carbons (Fsp3) is 0.571. The maximum Gasteiger partial charge on any atom is 0.430 e. The third kappa shape index (κ3) is 4.40. The number of hydrogen-bond donors (Lipinski definition) is 1. The minimum absolute atomic E-state index is 0.0487. The van der Waals surface area contributed by atoms with Crippen LogP contribution in [0.15, 0.2) is 23.1 Å². The summed E-state index contributed by atoms with van der Waals surface area (Å²) in [4.78, 5) is 14.6. The van der Waals surface area contributed by atoms with Crippen molar-refractivity contribution in [2.24, 2.45) is 5.92 Å². The third-order valence-corrected chi connectivity index (χ3v) is 6.76. The molecule has 1 amide bonds. The first-order valence-corrected chi connectivity index (χ1v) is 10.7. The molecule has 0 radical (unpaired) electrons. The van der Waals surface area contributed by atoms with Crippen molar-refractivity contribution in [3.05, 3.63) is 23.8 Å². The first-order valence-electron chi connectivity index (χ1n) is 9.81. The normalized spacial score (nSPS) is 20.6. The molecule has 0 bridgehead atoms. The van der Waals surface area contributed by atoms with Gasteiger partial charge in [-0.2, -0.15) is 26.3 Å². The van der Waals surface area contributed by atoms with Crippen molar-refractivity contribution in [3.63, 3.8) is 0 Å². The predicted molar refractivity (Wildman–Crippen MR) is 104 cm³/mol. The first kappa shape index (κ1) is 23.8. The SMILES string of the molecule is CC#CC1CN(C(=O)C2CCCCC2)c2ccc(C(O)(C(F)(F)F)C(F)(F)F)cc2S1. The number of hydrogen-bond acceptors (Lipinski definition) is 3. The molecule has 1 unspecified atom stereocenters. The molecular weight excluding hydrogens is 444 g/mol.